The molecule has 31 heavy (non-hydrogen) atoms. The Labute approximate surface area is 181 Å². The molecule has 2 amide bonds. The smallest absolute Gasteiger partial charge is 0.328 e. The Kier molecular flexibility index (Phi) is 5.90. The fourth-order valence-electron chi connectivity index (χ4n) is 5.02. The van der Waals surface area contributed by atoms with E-state index in [1.807, 2.05) is 23.1 Å². The molecule has 1 saturated heterocycles. The first-order valence-electron chi connectivity index (χ1n) is 10.9. The highest BCUT2D eigenvalue weighted by molar-refractivity contribution is 5.79. The maximum absolute atomic E-state index is 12.9. The number of aromatic nitrogens is 2. The van der Waals surface area contributed by atoms with Gasteiger partial charge in [0.2, 0.25) is 11.8 Å². The molecule has 0 unspecified atom stereocenters. The Morgan fingerprint density at radius 3 is 2.68 bits per heavy atom. The van der Waals surface area contributed by atoms with Gasteiger partial charge in [-0.3, -0.25) is 23.6 Å². The predicted octanol–water partition coefficient (Wildman–Crippen LogP) is -0.408. The summed E-state index contributed by atoms with van der Waals surface area (Å²) in [6.45, 7) is 1.62. The molecule has 1 aliphatic carbocycles. The zero-order valence-electron chi connectivity index (χ0n) is 18.4. The summed E-state index contributed by atoms with van der Waals surface area (Å²) >= 11 is 0. The number of benzene rings is 1. The van der Waals surface area contributed by atoms with Crippen molar-refractivity contribution in [3.63, 3.8) is 0 Å². The van der Waals surface area contributed by atoms with E-state index in [-0.39, 0.29) is 29.6 Å². The number of carbonyl (C=O) groups excluding carboxylic acids is 2. The summed E-state index contributed by atoms with van der Waals surface area (Å²) in [7, 11) is 5.25. The van der Waals surface area contributed by atoms with Crippen LogP contribution in [0, 0.1) is 0 Å². The monoisotopic (exact) mass is 429 g/mol. The molecule has 1 aromatic heterocycles. The third-order valence-corrected chi connectivity index (χ3v) is 6.94. The maximum atomic E-state index is 12.9. The largest absolute Gasteiger partial charge is 0.389 e. The second-order valence-corrected chi connectivity index (χ2v) is 8.75. The average Bonchev–Trinajstić information content (AvgIpc) is 3.25. The van der Waals surface area contributed by atoms with Gasteiger partial charge in [0.1, 0.15) is 0 Å². The van der Waals surface area contributed by atoms with Crippen molar-refractivity contribution in [1.82, 2.24) is 24.3 Å². The van der Waals surface area contributed by atoms with Gasteiger partial charge < -0.3 is 15.3 Å². The van der Waals surface area contributed by atoms with Crippen LogP contribution in [0.2, 0.25) is 0 Å². The standard InChI is InChI=1S/C22H31N5O4/c1-24(16-7-8-17(21(16)30)27-11-10-23-19(28)13-27)20(29)9-5-14-4-6-15-18(12-14)26(3)22(31)25(15)2/h4,6,12,16-17,21,30H,5,7-11,13H2,1-3H3,(H,23,28)/t16-,17-,21-/m1/s1. The Hall–Kier alpha value is -2.65. The molecule has 2 aliphatic rings. The molecule has 1 aliphatic heterocycles. The van der Waals surface area contributed by atoms with Gasteiger partial charge in [0, 0.05) is 46.7 Å². The molecule has 0 spiro atoms. The molecule has 2 aromatic rings. The van der Waals surface area contributed by atoms with Gasteiger partial charge in [-0.15, -0.1) is 0 Å². The number of amides is 2. The van der Waals surface area contributed by atoms with Crippen molar-refractivity contribution in [2.45, 2.75) is 43.9 Å². The third kappa shape index (κ3) is 3.99. The molecular weight excluding hydrogens is 398 g/mol. The number of likely N-dealkylation sites (N-methyl/N-ethyl adjacent to an activating group) is 1. The number of piperazine rings is 1. The molecule has 2 fully saturated rings. The van der Waals surface area contributed by atoms with Gasteiger partial charge in [-0.05, 0) is 37.0 Å². The van der Waals surface area contributed by atoms with Crippen LogP contribution >= 0.6 is 0 Å². The van der Waals surface area contributed by atoms with Crippen molar-refractivity contribution in [2.75, 3.05) is 26.7 Å². The topological polar surface area (TPSA) is 99.8 Å². The molecule has 4 rings (SSSR count). The van der Waals surface area contributed by atoms with Crippen LogP contribution < -0.4 is 11.0 Å². The molecule has 0 bridgehead atoms. The van der Waals surface area contributed by atoms with E-state index in [0.29, 0.717) is 25.9 Å². The van der Waals surface area contributed by atoms with Crippen molar-refractivity contribution in [3.8, 4) is 0 Å². The molecule has 1 saturated carbocycles. The van der Waals surface area contributed by atoms with Crippen LogP contribution in [0.1, 0.15) is 24.8 Å². The lowest BCUT2D eigenvalue weighted by Crippen LogP contribution is -2.55. The Morgan fingerprint density at radius 2 is 1.94 bits per heavy atom. The van der Waals surface area contributed by atoms with E-state index in [1.165, 1.54) is 0 Å². The number of hydrogen-bond acceptors (Lipinski definition) is 5. The highest BCUT2D eigenvalue weighted by Gasteiger charge is 2.42. The summed E-state index contributed by atoms with van der Waals surface area (Å²) in [5, 5.41) is 13.7. The van der Waals surface area contributed by atoms with Crippen molar-refractivity contribution < 1.29 is 14.7 Å². The zero-order chi connectivity index (χ0) is 22.3. The summed E-state index contributed by atoms with van der Waals surface area (Å²) in [6, 6.07) is 5.51. The fraction of sp³-hybridized carbons (Fsp3) is 0.591. The number of aliphatic hydroxyl groups excluding tert-OH is 1. The number of nitrogens with zero attached hydrogens (tertiary/aromatic N) is 4. The van der Waals surface area contributed by atoms with E-state index in [4.69, 9.17) is 0 Å². The second-order valence-electron chi connectivity index (χ2n) is 8.75. The number of rotatable bonds is 5. The van der Waals surface area contributed by atoms with Gasteiger partial charge in [0.15, 0.2) is 0 Å². The number of imidazole rings is 1. The maximum Gasteiger partial charge on any atom is 0.328 e. The molecule has 168 valence electrons. The molecule has 9 heteroatoms. The van der Waals surface area contributed by atoms with E-state index in [0.717, 1.165) is 36.0 Å². The Balaban J connectivity index is 1.37. The average molecular weight is 430 g/mol. The van der Waals surface area contributed by atoms with Crippen LogP contribution in [0.15, 0.2) is 23.0 Å². The zero-order valence-corrected chi connectivity index (χ0v) is 18.4. The summed E-state index contributed by atoms with van der Waals surface area (Å²) in [5.74, 6) is -0.0256. The molecular formula is C22H31N5O4. The highest BCUT2D eigenvalue weighted by Crippen LogP contribution is 2.29. The van der Waals surface area contributed by atoms with E-state index >= 15 is 0 Å². The Bertz CT molecular complexity index is 1060. The van der Waals surface area contributed by atoms with Crippen molar-refractivity contribution in [1.29, 1.82) is 0 Å². The SMILES string of the molecule is CN(C(=O)CCc1ccc2c(c1)n(C)c(=O)n2C)[C@@H]1CC[C@@H](N2CCNC(=O)C2)[C@@H]1O. The molecule has 3 atom stereocenters. The molecule has 0 radical (unpaired) electrons. The third-order valence-electron chi connectivity index (χ3n) is 6.94. The lowest BCUT2D eigenvalue weighted by molar-refractivity contribution is -0.135. The quantitative estimate of drug-likeness (QED) is 0.673. The van der Waals surface area contributed by atoms with Crippen molar-refractivity contribution in [2.24, 2.45) is 14.1 Å². The van der Waals surface area contributed by atoms with Crippen LogP contribution in [0.25, 0.3) is 11.0 Å². The predicted molar refractivity (Wildman–Crippen MR) is 117 cm³/mol. The van der Waals surface area contributed by atoms with Crippen LogP contribution in [-0.2, 0) is 30.1 Å². The first kappa shape index (κ1) is 21.6. The van der Waals surface area contributed by atoms with Gasteiger partial charge in [-0.1, -0.05) is 6.07 Å². The van der Waals surface area contributed by atoms with Crippen molar-refractivity contribution >= 4 is 22.8 Å². The first-order valence-corrected chi connectivity index (χ1v) is 10.9. The number of aliphatic hydroxyl groups is 1. The van der Waals surface area contributed by atoms with Gasteiger partial charge in [0.05, 0.1) is 29.7 Å². The summed E-state index contributed by atoms with van der Waals surface area (Å²) in [4.78, 5) is 40.3. The highest BCUT2D eigenvalue weighted by atomic mass is 16.3. The van der Waals surface area contributed by atoms with Gasteiger partial charge in [0.25, 0.3) is 0 Å². The number of nitrogens with one attached hydrogen (secondary N) is 1. The van der Waals surface area contributed by atoms with Crippen LogP contribution in [-0.4, -0.2) is 80.7 Å². The minimum absolute atomic E-state index is 0.0110. The Morgan fingerprint density at radius 1 is 1.19 bits per heavy atom. The molecule has 9 nitrogen and oxygen atoms in total. The normalized spacial score (nSPS) is 24.5. The van der Waals surface area contributed by atoms with Crippen LogP contribution in [0.3, 0.4) is 0 Å². The number of carbonyl (C=O) groups is 2. The lowest BCUT2D eigenvalue weighted by atomic mass is 10.1. The van der Waals surface area contributed by atoms with Gasteiger partial charge in [-0.25, -0.2) is 4.79 Å². The molecule has 1 aromatic carbocycles. The second kappa shape index (κ2) is 8.47. The molecule has 2 heterocycles. The van der Waals surface area contributed by atoms with E-state index in [2.05, 4.69) is 5.32 Å². The number of hydrogen-bond donors (Lipinski definition) is 2. The van der Waals surface area contributed by atoms with Crippen molar-refractivity contribution in [3.05, 3.63) is 34.2 Å². The van der Waals surface area contributed by atoms with E-state index < -0.39 is 6.10 Å². The van der Waals surface area contributed by atoms with E-state index in [1.54, 1.807) is 35.2 Å². The minimum Gasteiger partial charge on any atom is -0.389 e. The summed E-state index contributed by atoms with van der Waals surface area (Å²) in [6.07, 6.45) is 1.75. The minimum atomic E-state index is -0.657. The lowest BCUT2D eigenvalue weighted by Gasteiger charge is -2.36. The summed E-state index contributed by atoms with van der Waals surface area (Å²) in [5.41, 5.74) is 2.65. The van der Waals surface area contributed by atoms with E-state index in [9.17, 15) is 19.5 Å². The van der Waals surface area contributed by atoms with Crippen LogP contribution in [0.4, 0.5) is 0 Å². The number of aryl methyl sites for hydroxylation is 3. The van der Waals surface area contributed by atoms with Crippen LogP contribution in [0.5, 0.6) is 0 Å². The summed E-state index contributed by atoms with van der Waals surface area (Å²) < 4.78 is 3.23. The molecule has 2 N–H and O–H groups in total. The first-order chi connectivity index (χ1) is 14.8. The fourth-order valence-corrected chi connectivity index (χ4v) is 5.02. The number of fused-ring (bicyclic) bond motifs is 1. The van der Waals surface area contributed by atoms with Gasteiger partial charge >= 0.3 is 5.69 Å². The van der Waals surface area contributed by atoms with Gasteiger partial charge in [-0.2, -0.15) is 0 Å².